The number of hydrogen-bond acceptors (Lipinski definition) is 4. The molecule has 2 aromatic heterocycles. The van der Waals surface area contributed by atoms with Gasteiger partial charge < -0.3 is 14.6 Å². The first-order valence-corrected chi connectivity index (χ1v) is 10.0. The Kier molecular flexibility index (Phi) is 5.66. The van der Waals surface area contributed by atoms with E-state index in [-0.39, 0.29) is 30.4 Å². The number of piperidine rings is 1. The first-order valence-electron chi connectivity index (χ1n) is 10.0. The normalized spacial score (nSPS) is 20.9. The summed E-state index contributed by atoms with van der Waals surface area (Å²) in [5, 5.41) is 3.50. The topological polar surface area (TPSA) is 61.1 Å². The summed E-state index contributed by atoms with van der Waals surface area (Å²) in [6.07, 6.45) is 5.76. The average molecular weight is 447 g/mol. The summed E-state index contributed by atoms with van der Waals surface area (Å²) in [5.41, 5.74) is 4.02. The summed E-state index contributed by atoms with van der Waals surface area (Å²) in [7, 11) is 0. The maximum Gasteiger partial charge on any atom is 0.261 e. The standard InChI is InChI=1S/C22H22N4O2.2ClH/c27-22-17(4-5-18-16-10-14(11-23-12-16)13-26(18)22)21-24-7-8-25(21)19-3-1-2-15-6-9-28-20(15)19;;/h1-5,7-8,14,16,23H,6,9-13H2;2*1H/t14-,16+;;/m0../s1. The van der Waals surface area contributed by atoms with Crippen LogP contribution >= 0.6 is 24.8 Å². The van der Waals surface area contributed by atoms with Crippen molar-refractivity contribution in [3.63, 3.8) is 0 Å². The number of nitrogens with one attached hydrogen (secondary N) is 1. The molecule has 6 rings (SSSR count). The molecule has 3 aliphatic rings. The number of halogens is 2. The maximum absolute atomic E-state index is 13.4. The fourth-order valence-corrected chi connectivity index (χ4v) is 5.05. The lowest BCUT2D eigenvalue weighted by Gasteiger charge is -2.37. The van der Waals surface area contributed by atoms with Gasteiger partial charge in [0.2, 0.25) is 0 Å². The SMILES string of the molecule is Cl.Cl.O=c1c(-c2nccn2-c2cccc3c2OCC3)ccc2n1C[C@@H]1CNC[C@H]2C1. The second-order valence-corrected chi connectivity index (χ2v) is 8.03. The smallest absolute Gasteiger partial charge is 0.261 e. The first-order chi connectivity index (χ1) is 13.8. The Balaban J connectivity index is 0.00000109. The molecule has 2 atom stereocenters. The van der Waals surface area contributed by atoms with Crippen LogP contribution in [-0.2, 0) is 13.0 Å². The Morgan fingerprint density at radius 2 is 2.03 bits per heavy atom. The molecule has 2 bridgehead atoms. The lowest BCUT2D eigenvalue weighted by molar-refractivity contribution is 0.257. The van der Waals surface area contributed by atoms with E-state index in [0.29, 0.717) is 29.8 Å². The van der Waals surface area contributed by atoms with Crippen molar-refractivity contribution in [3.8, 4) is 22.8 Å². The molecular formula is C22H24Cl2N4O2. The van der Waals surface area contributed by atoms with Crippen LogP contribution in [0, 0.1) is 5.92 Å². The predicted molar refractivity (Wildman–Crippen MR) is 121 cm³/mol. The highest BCUT2D eigenvalue weighted by atomic mass is 35.5. The second-order valence-electron chi connectivity index (χ2n) is 8.03. The van der Waals surface area contributed by atoms with Gasteiger partial charge >= 0.3 is 0 Å². The molecule has 158 valence electrons. The number of imidazole rings is 1. The second kappa shape index (κ2) is 8.10. The molecule has 6 nitrogen and oxygen atoms in total. The van der Waals surface area contributed by atoms with E-state index in [4.69, 9.17) is 4.74 Å². The Morgan fingerprint density at radius 3 is 2.93 bits per heavy atom. The summed E-state index contributed by atoms with van der Waals surface area (Å²) < 4.78 is 9.85. The highest BCUT2D eigenvalue weighted by molar-refractivity contribution is 5.85. The average Bonchev–Trinajstić information content (AvgIpc) is 3.38. The van der Waals surface area contributed by atoms with Crippen LogP contribution < -0.4 is 15.6 Å². The molecular weight excluding hydrogens is 423 g/mol. The van der Waals surface area contributed by atoms with Crippen LogP contribution in [0.2, 0.25) is 0 Å². The number of rotatable bonds is 2. The molecule has 0 aliphatic carbocycles. The molecule has 0 spiro atoms. The molecule has 1 fully saturated rings. The van der Waals surface area contributed by atoms with Gasteiger partial charge in [-0.15, -0.1) is 24.8 Å². The summed E-state index contributed by atoms with van der Waals surface area (Å²) in [6.45, 7) is 3.44. The van der Waals surface area contributed by atoms with Gasteiger partial charge in [0.1, 0.15) is 11.6 Å². The van der Waals surface area contributed by atoms with Gasteiger partial charge in [0, 0.05) is 43.5 Å². The van der Waals surface area contributed by atoms with Gasteiger partial charge in [0.15, 0.2) is 0 Å². The quantitative estimate of drug-likeness (QED) is 0.656. The van der Waals surface area contributed by atoms with Gasteiger partial charge in [-0.25, -0.2) is 4.98 Å². The summed E-state index contributed by atoms with van der Waals surface area (Å²) in [6, 6.07) is 10.2. The predicted octanol–water partition coefficient (Wildman–Crippen LogP) is 3.19. The zero-order valence-corrected chi connectivity index (χ0v) is 18.0. The van der Waals surface area contributed by atoms with Crippen LogP contribution in [0.4, 0.5) is 0 Å². The van der Waals surface area contributed by atoms with E-state index in [2.05, 4.69) is 22.4 Å². The van der Waals surface area contributed by atoms with Crippen molar-refractivity contribution in [2.75, 3.05) is 19.7 Å². The molecule has 0 unspecified atom stereocenters. The number of para-hydroxylation sites is 1. The number of pyridine rings is 1. The molecule has 8 heteroatoms. The van der Waals surface area contributed by atoms with Gasteiger partial charge in [0.05, 0.1) is 17.9 Å². The highest BCUT2D eigenvalue weighted by Gasteiger charge is 2.32. The lowest BCUT2D eigenvalue weighted by Crippen LogP contribution is -2.45. The van der Waals surface area contributed by atoms with E-state index in [1.807, 2.05) is 33.5 Å². The van der Waals surface area contributed by atoms with E-state index in [0.717, 1.165) is 43.2 Å². The van der Waals surface area contributed by atoms with Crippen LogP contribution in [0.3, 0.4) is 0 Å². The number of ether oxygens (including phenoxy) is 1. The number of aromatic nitrogens is 3. The van der Waals surface area contributed by atoms with Gasteiger partial charge in [-0.3, -0.25) is 9.36 Å². The minimum Gasteiger partial charge on any atom is -0.491 e. The zero-order chi connectivity index (χ0) is 18.7. The number of nitrogens with zero attached hydrogens (tertiary/aromatic N) is 3. The third-order valence-corrected chi connectivity index (χ3v) is 6.34. The highest BCUT2D eigenvalue weighted by Crippen LogP contribution is 2.35. The molecule has 30 heavy (non-hydrogen) atoms. The lowest BCUT2D eigenvalue weighted by atomic mass is 9.84. The maximum atomic E-state index is 13.4. The van der Waals surface area contributed by atoms with Crippen molar-refractivity contribution in [2.24, 2.45) is 5.92 Å². The van der Waals surface area contributed by atoms with Gasteiger partial charge in [0.25, 0.3) is 5.56 Å². The number of benzene rings is 1. The van der Waals surface area contributed by atoms with E-state index < -0.39 is 0 Å². The van der Waals surface area contributed by atoms with Crippen molar-refractivity contribution in [1.82, 2.24) is 19.4 Å². The van der Waals surface area contributed by atoms with Crippen LogP contribution in [0.25, 0.3) is 17.1 Å². The van der Waals surface area contributed by atoms with Gasteiger partial charge in [-0.1, -0.05) is 12.1 Å². The molecule has 0 amide bonds. The monoisotopic (exact) mass is 446 g/mol. The molecule has 5 heterocycles. The minimum absolute atomic E-state index is 0. The third-order valence-electron chi connectivity index (χ3n) is 6.34. The minimum atomic E-state index is 0. The molecule has 1 N–H and O–H groups in total. The number of hydrogen-bond donors (Lipinski definition) is 1. The van der Waals surface area contributed by atoms with Crippen molar-refractivity contribution >= 4 is 24.8 Å². The largest absolute Gasteiger partial charge is 0.491 e. The third kappa shape index (κ3) is 3.14. The molecule has 3 aliphatic heterocycles. The Labute approximate surface area is 187 Å². The van der Waals surface area contributed by atoms with Crippen molar-refractivity contribution < 1.29 is 4.74 Å². The fraction of sp³-hybridized carbons (Fsp3) is 0.364. The fourth-order valence-electron chi connectivity index (χ4n) is 5.05. The van der Waals surface area contributed by atoms with Crippen molar-refractivity contribution in [3.05, 3.63) is 64.3 Å². The van der Waals surface area contributed by atoms with Gasteiger partial charge in [-0.05, 0) is 42.6 Å². The summed E-state index contributed by atoms with van der Waals surface area (Å²) in [4.78, 5) is 18.0. The van der Waals surface area contributed by atoms with Crippen LogP contribution in [0.15, 0.2) is 47.5 Å². The van der Waals surface area contributed by atoms with Crippen LogP contribution in [0.5, 0.6) is 5.75 Å². The van der Waals surface area contributed by atoms with Crippen LogP contribution in [0.1, 0.15) is 23.6 Å². The van der Waals surface area contributed by atoms with Gasteiger partial charge in [-0.2, -0.15) is 0 Å². The summed E-state index contributed by atoms with van der Waals surface area (Å²) in [5.74, 6) is 2.54. The molecule has 1 aromatic carbocycles. The Hall–Kier alpha value is -2.28. The van der Waals surface area contributed by atoms with E-state index in [1.165, 1.54) is 12.0 Å². The Bertz CT molecular complexity index is 1140. The molecule has 1 saturated heterocycles. The van der Waals surface area contributed by atoms with E-state index in [9.17, 15) is 4.79 Å². The van der Waals surface area contributed by atoms with E-state index >= 15 is 0 Å². The molecule has 0 saturated carbocycles. The molecule has 0 radical (unpaired) electrons. The van der Waals surface area contributed by atoms with E-state index in [1.54, 1.807) is 6.20 Å². The Morgan fingerprint density at radius 1 is 1.13 bits per heavy atom. The van der Waals surface area contributed by atoms with Crippen LogP contribution in [-0.4, -0.2) is 33.8 Å². The summed E-state index contributed by atoms with van der Waals surface area (Å²) >= 11 is 0. The zero-order valence-electron chi connectivity index (χ0n) is 16.4. The van der Waals surface area contributed by atoms with Crippen molar-refractivity contribution in [1.29, 1.82) is 0 Å². The van der Waals surface area contributed by atoms with Crippen molar-refractivity contribution in [2.45, 2.75) is 25.3 Å². The molecule has 3 aromatic rings. The number of fused-ring (bicyclic) bond motifs is 5. The first kappa shape index (κ1) is 21.0.